The van der Waals surface area contributed by atoms with E-state index in [0.717, 1.165) is 12.8 Å². The molecule has 0 bridgehead atoms. The zero-order chi connectivity index (χ0) is 14.3. The minimum Gasteiger partial charge on any atom is -0.383 e. The van der Waals surface area contributed by atoms with Gasteiger partial charge in [0.05, 0.1) is 6.20 Å². The quantitative estimate of drug-likeness (QED) is 0.766. The summed E-state index contributed by atoms with van der Waals surface area (Å²) in [6.45, 7) is 9.05. The van der Waals surface area contributed by atoms with Crippen molar-refractivity contribution in [2.75, 3.05) is 5.73 Å². The van der Waals surface area contributed by atoms with Crippen LogP contribution in [0.3, 0.4) is 0 Å². The number of H-pyrrole nitrogens is 1. The van der Waals surface area contributed by atoms with Gasteiger partial charge in [0.1, 0.15) is 11.4 Å². The lowest BCUT2D eigenvalue weighted by molar-refractivity contribution is 0.0714. The van der Waals surface area contributed by atoms with E-state index in [1.54, 1.807) is 0 Å². The van der Waals surface area contributed by atoms with E-state index in [2.05, 4.69) is 43.2 Å². The number of hydrogen-bond donors (Lipinski definition) is 3. The third kappa shape index (κ3) is 3.28. The van der Waals surface area contributed by atoms with Gasteiger partial charge < -0.3 is 11.1 Å². The van der Waals surface area contributed by atoms with Gasteiger partial charge >= 0.3 is 0 Å². The van der Waals surface area contributed by atoms with Gasteiger partial charge in [-0.1, -0.05) is 27.7 Å². The van der Waals surface area contributed by atoms with Crippen LogP contribution < -0.4 is 11.1 Å². The first-order chi connectivity index (χ1) is 8.69. The van der Waals surface area contributed by atoms with Crippen molar-refractivity contribution in [3.05, 3.63) is 11.8 Å². The van der Waals surface area contributed by atoms with Crippen molar-refractivity contribution >= 4 is 11.7 Å². The number of nitrogens with one attached hydrogen (secondary N) is 2. The van der Waals surface area contributed by atoms with Crippen molar-refractivity contribution in [3.63, 3.8) is 0 Å². The van der Waals surface area contributed by atoms with Crippen LogP contribution in [0.15, 0.2) is 6.20 Å². The molecule has 19 heavy (non-hydrogen) atoms. The summed E-state index contributed by atoms with van der Waals surface area (Å²) in [5, 5.41) is 9.46. The van der Waals surface area contributed by atoms with Crippen LogP contribution in [-0.4, -0.2) is 22.1 Å². The molecule has 1 fully saturated rings. The molecular weight excluding hydrogens is 240 g/mol. The average Bonchev–Trinajstić information content (AvgIpc) is 2.58. The minimum atomic E-state index is -0.134. The lowest BCUT2D eigenvalue weighted by Crippen LogP contribution is -2.46. The Kier molecular flexibility index (Phi) is 3.32. The van der Waals surface area contributed by atoms with E-state index in [0.29, 0.717) is 11.4 Å². The zero-order valence-electron chi connectivity index (χ0n) is 12.2. The topological polar surface area (TPSA) is 83.8 Å². The fourth-order valence-corrected chi connectivity index (χ4v) is 3.69. The highest BCUT2D eigenvalue weighted by molar-refractivity contribution is 5.98. The van der Waals surface area contributed by atoms with Crippen LogP contribution in [0.1, 0.15) is 57.3 Å². The highest BCUT2D eigenvalue weighted by Gasteiger charge is 2.39. The van der Waals surface area contributed by atoms with Gasteiger partial charge in [-0.05, 0) is 30.1 Å². The smallest absolute Gasteiger partial charge is 0.256 e. The lowest BCUT2D eigenvalue weighted by atomic mass is 9.63. The zero-order valence-corrected chi connectivity index (χ0v) is 12.2. The molecule has 0 aliphatic heterocycles. The summed E-state index contributed by atoms with van der Waals surface area (Å²) in [6, 6.07) is 0.195. The van der Waals surface area contributed by atoms with Gasteiger partial charge in [-0.2, -0.15) is 5.10 Å². The van der Waals surface area contributed by atoms with Gasteiger partial charge in [0.25, 0.3) is 5.91 Å². The van der Waals surface area contributed by atoms with Crippen molar-refractivity contribution in [1.82, 2.24) is 15.5 Å². The molecule has 0 radical (unpaired) electrons. The van der Waals surface area contributed by atoms with Gasteiger partial charge in [-0.3, -0.25) is 9.89 Å². The first-order valence-corrected chi connectivity index (χ1v) is 6.78. The van der Waals surface area contributed by atoms with Crippen molar-refractivity contribution < 1.29 is 4.79 Å². The molecular formula is C14H24N4O. The molecule has 4 N–H and O–H groups in total. The molecule has 1 aliphatic carbocycles. The number of amides is 1. The van der Waals surface area contributed by atoms with Gasteiger partial charge in [0.2, 0.25) is 0 Å². The van der Waals surface area contributed by atoms with Crippen molar-refractivity contribution in [2.24, 2.45) is 10.8 Å². The summed E-state index contributed by atoms with van der Waals surface area (Å²) >= 11 is 0. The number of nitrogens with zero attached hydrogens (tertiary/aromatic N) is 1. The van der Waals surface area contributed by atoms with Crippen LogP contribution in [-0.2, 0) is 0 Å². The van der Waals surface area contributed by atoms with E-state index in [1.807, 2.05) is 0 Å². The van der Waals surface area contributed by atoms with Gasteiger partial charge in [0, 0.05) is 6.04 Å². The molecule has 1 aliphatic rings. The van der Waals surface area contributed by atoms with Crippen LogP contribution in [0.2, 0.25) is 0 Å². The second-order valence-corrected chi connectivity index (χ2v) is 7.28. The molecule has 0 atom stereocenters. The van der Waals surface area contributed by atoms with E-state index < -0.39 is 0 Å². The van der Waals surface area contributed by atoms with Crippen LogP contribution in [0.4, 0.5) is 5.82 Å². The van der Waals surface area contributed by atoms with E-state index >= 15 is 0 Å². The Morgan fingerprint density at radius 3 is 2.42 bits per heavy atom. The Morgan fingerprint density at radius 2 is 1.95 bits per heavy atom. The maximum atomic E-state index is 12.2. The summed E-state index contributed by atoms with van der Waals surface area (Å²) in [5.41, 5.74) is 6.61. The highest BCUT2D eigenvalue weighted by atomic mass is 16.1. The maximum absolute atomic E-state index is 12.2. The minimum absolute atomic E-state index is 0.134. The number of anilines is 1. The molecule has 1 saturated carbocycles. The Morgan fingerprint density at radius 1 is 1.37 bits per heavy atom. The van der Waals surface area contributed by atoms with Crippen molar-refractivity contribution in [2.45, 2.75) is 53.0 Å². The SMILES string of the molecule is CC1(C)CC(NC(=O)c2cn[nH]c2N)CC(C)(C)C1. The highest BCUT2D eigenvalue weighted by Crippen LogP contribution is 2.45. The fraction of sp³-hybridized carbons (Fsp3) is 0.714. The lowest BCUT2D eigenvalue weighted by Gasteiger charge is -2.45. The number of aromatic amines is 1. The second kappa shape index (κ2) is 4.54. The van der Waals surface area contributed by atoms with Gasteiger partial charge in [0.15, 0.2) is 0 Å². The third-order valence-electron chi connectivity index (χ3n) is 3.80. The summed E-state index contributed by atoms with van der Waals surface area (Å²) in [5.74, 6) is 0.191. The summed E-state index contributed by atoms with van der Waals surface area (Å²) in [4.78, 5) is 12.2. The normalized spacial score (nSPS) is 22.1. The molecule has 2 rings (SSSR count). The molecule has 0 saturated heterocycles. The summed E-state index contributed by atoms with van der Waals surface area (Å²) in [6.07, 6.45) is 4.66. The van der Waals surface area contributed by atoms with Crippen molar-refractivity contribution in [1.29, 1.82) is 0 Å². The second-order valence-electron chi connectivity index (χ2n) is 7.28. The van der Waals surface area contributed by atoms with Crippen LogP contribution in [0.25, 0.3) is 0 Å². The van der Waals surface area contributed by atoms with Crippen LogP contribution in [0.5, 0.6) is 0 Å². The fourth-order valence-electron chi connectivity index (χ4n) is 3.69. The van der Waals surface area contributed by atoms with E-state index in [4.69, 9.17) is 5.73 Å². The molecule has 106 valence electrons. The van der Waals surface area contributed by atoms with Crippen LogP contribution in [0, 0.1) is 10.8 Å². The standard InChI is InChI=1S/C14H24N4O/c1-13(2)5-9(6-14(3,4)8-13)17-12(19)10-7-16-18-11(10)15/h7,9H,5-6,8H2,1-4H3,(H,17,19)(H3,15,16,18). The predicted molar refractivity (Wildman–Crippen MR) is 75.7 cm³/mol. The molecule has 0 unspecified atom stereocenters. The number of rotatable bonds is 2. The number of aromatic nitrogens is 2. The molecule has 5 heteroatoms. The number of carbonyl (C=O) groups excluding carboxylic acids is 1. The summed E-state index contributed by atoms with van der Waals surface area (Å²) < 4.78 is 0. The molecule has 0 spiro atoms. The van der Waals surface area contributed by atoms with Crippen LogP contribution >= 0.6 is 0 Å². The van der Waals surface area contributed by atoms with E-state index in [1.165, 1.54) is 12.6 Å². The molecule has 0 aromatic carbocycles. The van der Waals surface area contributed by atoms with Gasteiger partial charge in [-0.15, -0.1) is 0 Å². The maximum Gasteiger partial charge on any atom is 0.256 e. The molecule has 1 aromatic heterocycles. The Labute approximate surface area is 114 Å². The van der Waals surface area contributed by atoms with Crippen molar-refractivity contribution in [3.8, 4) is 0 Å². The number of carbonyl (C=O) groups is 1. The number of nitrogen functional groups attached to an aromatic ring is 1. The number of nitrogens with two attached hydrogens (primary N) is 1. The largest absolute Gasteiger partial charge is 0.383 e. The Bertz CT molecular complexity index is 460. The molecule has 1 amide bonds. The predicted octanol–water partition coefficient (Wildman–Crippen LogP) is 2.33. The monoisotopic (exact) mass is 264 g/mol. The number of hydrogen-bond acceptors (Lipinski definition) is 3. The average molecular weight is 264 g/mol. The van der Waals surface area contributed by atoms with Gasteiger partial charge in [-0.25, -0.2) is 0 Å². The first kappa shape index (κ1) is 13.9. The third-order valence-corrected chi connectivity index (χ3v) is 3.80. The Balaban J connectivity index is 2.07. The molecule has 1 aromatic rings. The Hall–Kier alpha value is -1.52. The summed E-state index contributed by atoms with van der Waals surface area (Å²) in [7, 11) is 0. The molecule has 1 heterocycles. The first-order valence-electron chi connectivity index (χ1n) is 6.78. The van der Waals surface area contributed by atoms with E-state index in [-0.39, 0.29) is 22.8 Å². The molecule has 5 nitrogen and oxygen atoms in total. The van der Waals surface area contributed by atoms with E-state index in [9.17, 15) is 4.79 Å².